The molecular formula is C29H31N5O4S. The number of allylic oxidation sites excluding steroid dienone is 1. The van der Waals surface area contributed by atoms with Crippen LogP contribution in [0.1, 0.15) is 42.4 Å². The number of hydrogen-bond acceptors (Lipinski definition) is 6. The number of para-hydroxylation sites is 2. The van der Waals surface area contributed by atoms with Crippen molar-refractivity contribution in [1.82, 2.24) is 20.6 Å². The highest BCUT2D eigenvalue weighted by molar-refractivity contribution is 7.80. The fraction of sp³-hybridized carbons (Fsp3) is 0.241. The van der Waals surface area contributed by atoms with Crippen molar-refractivity contribution in [3.05, 3.63) is 94.4 Å². The van der Waals surface area contributed by atoms with Crippen LogP contribution in [-0.4, -0.2) is 41.0 Å². The molecule has 0 fully saturated rings. The molecule has 0 aliphatic carbocycles. The van der Waals surface area contributed by atoms with E-state index in [0.29, 0.717) is 27.7 Å². The number of rotatable bonds is 9. The Balaban J connectivity index is 1.44. The maximum atomic E-state index is 12.7. The number of nitrogens with zero attached hydrogens (tertiary/aromatic N) is 2. The van der Waals surface area contributed by atoms with Crippen molar-refractivity contribution in [2.75, 3.05) is 13.2 Å². The lowest BCUT2D eigenvalue weighted by molar-refractivity contribution is -0.139. The zero-order valence-electron chi connectivity index (χ0n) is 22.3. The topological polar surface area (TPSA) is 106 Å². The number of nitrogens with one attached hydrogen (secondary N) is 3. The molecule has 202 valence electrons. The Morgan fingerprint density at radius 1 is 1.10 bits per heavy atom. The number of ether oxygens (including phenoxy) is 2. The molecule has 9 nitrogen and oxygen atoms in total. The van der Waals surface area contributed by atoms with Gasteiger partial charge in [-0.15, -0.1) is 0 Å². The second kappa shape index (κ2) is 12.4. The highest BCUT2D eigenvalue weighted by atomic mass is 32.1. The third-order valence-corrected chi connectivity index (χ3v) is 6.45. The molecule has 0 saturated heterocycles. The molecular weight excluding hydrogens is 514 g/mol. The van der Waals surface area contributed by atoms with E-state index in [2.05, 4.69) is 25.7 Å². The molecule has 0 saturated carbocycles. The second-order valence-corrected chi connectivity index (χ2v) is 9.32. The number of carbonyl (C=O) groups is 2. The van der Waals surface area contributed by atoms with Crippen molar-refractivity contribution in [3.63, 3.8) is 0 Å². The van der Waals surface area contributed by atoms with Crippen LogP contribution in [0, 0.1) is 13.8 Å². The van der Waals surface area contributed by atoms with Gasteiger partial charge in [-0.3, -0.25) is 4.79 Å². The first-order chi connectivity index (χ1) is 18.8. The number of esters is 1. The maximum absolute atomic E-state index is 12.7. The van der Waals surface area contributed by atoms with Gasteiger partial charge in [0, 0.05) is 33.9 Å². The maximum Gasteiger partial charge on any atom is 0.338 e. The van der Waals surface area contributed by atoms with E-state index in [1.165, 1.54) is 0 Å². The lowest BCUT2D eigenvalue weighted by Gasteiger charge is -2.30. The smallest absolute Gasteiger partial charge is 0.338 e. The molecule has 39 heavy (non-hydrogen) atoms. The summed E-state index contributed by atoms with van der Waals surface area (Å²) in [6, 6.07) is 18.6. The Bertz CT molecular complexity index is 1450. The number of amides is 1. The first-order valence-electron chi connectivity index (χ1n) is 12.5. The van der Waals surface area contributed by atoms with Gasteiger partial charge in [-0.2, -0.15) is 5.10 Å². The summed E-state index contributed by atoms with van der Waals surface area (Å²) >= 11 is 5.32. The lowest BCUT2D eigenvalue weighted by atomic mass is 9.95. The lowest BCUT2D eigenvalue weighted by Crippen LogP contribution is -2.45. The fourth-order valence-corrected chi connectivity index (χ4v) is 4.77. The number of hydrazone groups is 1. The van der Waals surface area contributed by atoms with E-state index in [4.69, 9.17) is 21.7 Å². The number of benzene rings is 2. The molecule has 2 aromatic carbocycles. The molecule has 1 atom stereocenters. The average molecular weight is 546 g/mol. The summed E-state index contributed by atoms with van der Waals surface area (Å²) in [5.41, 5.74) is 8.17. The van der Waals surface area contributed by atoms with Crippen molar-refractivity contribution in [1.29, 1.82) is 0 Å². The zero-order chi connectivity index (χ0) is 27.9. The molecule has 0 spiro atoms. The van der Waals surface area contributed by atoms with E-state index in [-0.39, 0.29) is 13.2 Å². The number of aromatic nitrogens is 1. The monoisotopic (exact) mass is 545 g/mol. The van der Waals surface area contributed by atoms with Crippen molar-refractivity contribution in [3.8, 4) is 11.4 Å². The summed E-state index contributed by atoms with van der Waals surface area (Å²) < 4.78 is 13.2. The van der Waals surface area contributed by atoms with Crippen LogP contribution in [0.4, 0.5) is 0 Å². The molecule has 1 amide bonds. The first kappa shape index (κ1) is 27.6. The second-order valence-electron chi connectivity index (χ2n) is 8.91. The van der Waals surface area contributed by atoms with Crippen LogP contribution in [0.15, 0.2) is 77.0 Å². The minimum absolute atomic E-state index is 0.238. The van der Waals surface area contributed by atoms with Gasteiger partial charge in [-0.05, 0) is 64.2 Å². The zero-order valence-corrected chi connectivity index (χ0v) is 23.1. The van der Waals surface area contributed by atoms with Gasteiger partial charge in [0.15, 0.2) is 11.7 Å². The molecule has 2 heterocycles. The van der Waals surface area contributed by atoms with Crippen LogP contribution >= 0.6 is 12.2 Å². The van der Waals surface area contributed by atoms with Crippen LogP contribution in [0.2, 0.25) is 0 Å². The molecule has 0 unspecified atom stereocenters. The van der Waals surface area contributed by atoms with Crippen LogP contribution in [-0.2, 0) is 14.3 Å². The van der Waals surface area contributed by atoms with Gasteiger partial charge in [0.1, 0.15) is 5.75 Å². The molecule has 10 heteroatoms. The van der Waals surface area contributed by atoms with Crippen LogP contribution < -0.4 is 20.8 Å². The molecule has 3 aromatic rings. The molecule has 3 N–H and O–H groups in total. The minimum atomic E-state index is -0.602. The van der Waals surface area contributed by atoms with Crippen molar-refractivity contribution in [2.45, 2.75) is 33.7 Å². The third-order valence-electron chi connectivity index (χ3n) is 6.23. The number of aryl methyl sites for hydroxylation is 1. The largest absolute Gasteiger partial charge is 0.483 e. The summed E-state index contributed by atoms with van der Waals surface area (Å²) in [5.74, 6) is -0.458. The van der Waals surface area contributed by atoms with E-state index in [9.17, 15) is 9.59 Å². The van der Waals surface area contributed by atoms with Gasteiger partial charge in [0.25, 0.3) is 5.91 Å². The first-order valence-corrected chi connectivity index (χ1v) is 12.9. The van der Waals surface area contributed by atoms with Crippen molar-refractivity contribution < 1.29 is 19.1 Å². The summed E-state index contributed by atoms with van der Waals surface area (Å²) in [7, 11) is 0. The quantitative estimate of drug-likeness (QED) is 0.162. The summed E-state index contributed by atoms with van der Waals surface area (Å²) in [6.45, 7) is 7.50. The number of hydrogen-bond donors (Lipinski definition) is 3. The molecule has 1 aliphatic heterocycles. The standard InChI is InChI=1S/C29H31N5O4S/c1-5-37-28(36)26-19(3)31-29(39)32-27(26)23-13-9-10-14-24(23)38-17-25(35)33-30-16-21-15-18(2)34(20(21)4)22-11-7-6-8-12-22/h6-16,27H,5,17H2,1-4H3,(H,33,35)(H2,31,32,39)/t27-/m0/s1. The number of thiocarbonyl (C=S) groups is 1. The highest BCUT2D eigenvalue weighted by Crippen LogP contribution is 2.33. The van der Waals surface area contributed by atoms with Gasteiger partial charge >= 0.3 is 5.97 Å². The summed E-state index contributed by atoms with van der Waals surface area (Å²) in [5, 5.41) is 10.6. The molecule has 0 radical (unpaired) electrons. The van der Waals surface area contributed by atoms with Gasteiger partial charge < -0.3 is 24.7 Å². The van der Waals surface area contributed by atoms with Gasteiger partial charge in [0.2, 0.25) is 0 Å². The van der Waals surface area contributed by atoms with Crippen molar-refractivity contribution in [2.24, 2.45) is 5.10 Å². The third kappa shape index (κ3) is 6.35. The molecule has 4 rings (SSSR count). The Kier molecular flexibility index (Phi) is 8.77. The van der Waals surface area contributed by atoms with Gasteiger partial charge in [-0.1, -0.05) is 36.4 Å². The molecule has 1 aliphatic rings. The fourth-order valence-electron chi connectivity index (χ4n) is 4.50. The summed E-state index contributed by atoms with van der Waals surface area (Å²) in [6.07, 6.45) is 1.62. The van der Waals surface area contributed by atoms with Crippen LogP contribution in [0.25, 0.3) is 5.69 Å². The highest BCUT2D eigenvalue weighted by Gasteiger charge is 2.32. The van der Waals surface area contributed by atoms with Crippen molar-refractivity contribution >= 4 is 35.4 Å². The Morgan fingerprint density at radius 3 is 2.56 bits per heavy atom. The molecule has 1 aromatic heterocycles. The Hall–Kier alpha value is -4.44. The molecule has 0 bridgehead atoms. The average Bonchev–Trinajstić information content (AvgIpc) is 3.20. The Labute approximate surface area is 232 Å². The van der Waals surface area contributed by atoms with E-state index < -0.39 is 17.9 Å². The van der Waals surface area contributed by atoms with E-state index in [0.717, 1.165) is 22.6 Å². The SMILES string of the molecule is CCOC(=O)C1=C(C)NC(=S)N[C@H]1c1ccccc1OCC(=O)NN=Cc1cc(C)n(-c2ccccc2)c1C. The van der Waals surface area contributed by atoms with Crippen LogP contribution in [0.5, 0.6) is 5.75 Å². The number of carbonyl (C=O) groups excluding carboxylic acids is 2. The minimum Gasteiger partial charge on any atom is -0.483 e. The normalized spacial score (nSPS) is 15.1. The summed E-state index contributed by atoms with van der Waals surface area (Å²) in [4.78, 5) is 25.3. The van der Waals surface area contributed by atoms with E-state index >= 15 is 0 Å². The van der Waals surface area contributed by atoms with Crippen LogP contribution in [0.3, 0.4) is 0 Å². The Morgan fingerprint density at radius 2 is 1.82 bits per heavy atom. The van der Waals surface area contributed by atoms with Gasteiger partial charge in [-0.25, -0.2) is 10.2 Å². The van der Waals surface area contributed by atoms with E-state index in [1.54, 1.807) is 32.2 Å². The van der Waals surface area contributed by atoms with Gasteiger partial charge in [0.05, 0.1) is 24.4 Å². The predicted octanol–water partition coefficient (Wildman–Crippen LogP) is 3.98. The van der Waals surface area contributed by atoms with E-state index in [1.807, 2.05) is 62.4 Å². The predicted molar refractivity (Wildman–Crippen MR) is 154 cm³/mol.